The molecular formula is C12H23N5. The minimum atomic E-state index is 0.317. The smallest absolute Gasteiger partial charge is 0.0641 e. The number of aryl methyl sites for hydroxylation is 2. The van der Waals surface area contributed by atoms with Crippen molar-refractivity contribution in [3.05, 3.63) is 17.5 Å². The normalized spacial score (nSPS) is 20.7. The predicted octanol–water partition coefficient (Wildman–Crippen LogP) is -0.0243. The van der Waals surface area contributed by atoms with Gasteiger partial charge in [-0.2, -0.15) is 5.10 Å². The maximum Gasteiger partial charge on any atom is 0.0641 e. The molecule has 1 unspecified atom stereocenters. The van der Waals surface area contributed by atoms with Crippen molar-refractivity contribution >= 4 is 0 Å². The minimum absolute atomic E-state index is 0.317. The van der Waals surface area contributed by atoms with Crippen LogP contribution in [-0.2, 0) is 7.05 Å². The lowest BCUT2D eigenvalue weighted by Crippen LogP contribution is -2.47. The number of hydrogen-bond donors (Lipinski definition) is 1. The highest BCUT2D eigenvalue weighted by Crippen LogP contribution is 2.23. The van der Waals surface area contributed by atoms with Crippen LogP contribution in [0, 0.1) is 6.92 Å². The van der Waals surface area contributed by atoms with Gasteiger partial charge in [0.05, 0.1) is 11.7 Å². The molecule has 1 aromatic heterocycles. The topological polar surface area (TPSA) is 50.3 Å². The quantitative estimate of drug-likeness (QED) is 0.802. The molecule has 2 N–H and O–H groups in total. The molecule has 1 aliphatic rings. The van der Waals surface area contributed by atoms with E-state index in [1.807, 2.05) is 11.7 Å². The van der Waals surface area contributed by atoms with Crippen LogP contribution in [0.2, 0.25) is 0 Å². The molecule has 0 radical (unpaired) electrons. The fraction of sp³-hybridized carbons (Fsp3) is 0.750. The van der Waals surface area contributed by atoms with Crippen LogP contribution in [0.25, 0.3) is 0 Å². The van der Waals surface area contributed by atoms with E-state index in [0.29, 0.717) is 12.6 Å². The van der Waals surface area contributed by atoms with E-state index in [1.54, 1.807) is 0 Å². The summed E-state index contributed by atoms with van der Waals surface area (Å²) >= 11 is 0. The monoisotopic (exact) mass is 237 g/mol. The van der Waals surface area contributed by atoms with E-state index in [4.69, 9.17) is 5.73 Å². The van der Waals surface area contributed by atoms with E-state index >= 15 is 0 Å². The van der Waals surface area contributed by atoms with Crippen LogP contribution in [-0.4, -0.2) is 59.4 Å². The third-order valence-electron chi connectivity index (χ3n) is 3.61. The number of nitrogens with two attached hydrogens (primary N) is 1. The molecule has 5 heteroatoms. The first kappa shape index (κ1) is 12.5. The van der Waals surface area contributed by atoms with Crippen LogP contribution in [0.5, 0.6) is 0 Å². The molecule has 1 fully saturated rings. The second-order valence-electron chi connectivity index (χ2n) is 4.93. The third-order valence-corrected chi connectivity index (χ3v) is 3.61. The van der Waals surface area contributed by atoms with Crippen LogP contribution in [0.3, 0.4) is 0 Å². The second-order valence-corrected chi connectivity index (χ2v) is 4.93. The molecule has 96 valence electrons. The van der Waals surface area contributed by atoms with Crippen LogP contribution >= 0.6 is 0 Å². The van der Waals surface area contributed by atoms with Crippen LogP contribution in [0.15, 0.2) is 6.20 Å². The highest BCUT2D eigenvalue weighted by Gasteiger charge is 2.25. The summed E-state index contributed by atoms with van der Waals surface area (Å²) in [7, 11) is 4.14. The Balaban J connectivity index is 2.13. The van der Waals surface area contributed by atoms with Gasteiger partial charge in [0, 0.05) is 51.5 Å². The average molecular weight is 237 g/mol. The number of aromatic nitrogens is 2. The van der Waals surface area contributed by atoms with E-state index in [2.05, 4.69) is 35.1 Å². The highest BCUT2D eigenvalue weighted by atomic mass is 15.3. The van der Waals surface area contributed by atoms with Gasteiger partial charge in [0.1, 0.15) is 0 Å². The Hall–Kier alpha value is -0.910. The van der Waals surface area contributed by atoms with E-state index in [9.17, 15) is 0 Å². The maximum atomic E-state index is 5.96. The first-order valence-corrected chi connectivity index (χ1v) is 6.24. The van der Waals surface area contributed by atoms with Gasteiger partial charge in [-0.15, -0.1) is 0 Å². The Bertz CT molecular complexity index is 365. The van der Waals surface area contributed by atoms with Crippen molar-refractivity contribution in [2.45, 2.75) is 13.0 Å². The van der Waals surface area contributed by atoms with Crippen LogP contribution < -0.4 is 5.73 Å². The van der Waals surface area contributed by atoms with Gasteiger partial charge < -0.3 is 10.6 Å². The summed E-state index contributed by atoms with van der Waals surface area (Å²) in [6, 6.07) is 0.317. The highest BCUT2D eigenvalue weighted by molar-refractivity contribution is 5.20. The zero-order chi connectivity index (χ0) is 12.4. The zero-order valence-corrected chi connectivity index (χ0v) is 11.1. The van der Waals surface area contributed by atoms with Gasteiger partial charge in [0.2, 0.25) is 0 Å². The SMILES string of the molecule is Cc1nn(C)cc1C(CN)N1CCN(C)CC1. The lowest BCUT2D eigenvalue weighted by molar-refractivity contribution is 0.114. The fourth-order valence-electron chi connectivity index (χ4n) is 2.55. The summed E-state index contributed by atoms with van der Waals surface area (Å²) in [6.45, 7) is 7.15. The summed E-state index contributed by atoms with van der Waals surface area (Å²) in [5, 5.41) is 4.41. The molecule has 1 aromatic rings. The molecule has 0 spiro atoms. The second kappa shape index (κ2) is 5.16. The zero-order valence-electron chi connectivity index (χ0n) is 11.1. The van der Waals surface area contributed by atoms with Gasteiger partial charge in [0.15, 0.2) is 0 Å². The lowest BCUT2D eigenvalue weighted by Gasteiger charge is -2.37. The van der Waals surface area contributed by atoms with Crippen LogP contribution in [0.1, 0.15) is 17.3 Å². The van der Waals surface area contributed by atoms with Crippen LogP contribution in [0.4, 0.5) is 0 Å². The first-order valence-electron chi connectivity index (χ1n) is 6.24. The Kier molecular flexibility index (Phi) is 3.81. The number of rotatable bonds is 3. The molecule has 0 aromatic carbocycles. The summed E-state index contributed by atoms with van der Waals surface area (Å²) < 4.78 is 1.88. The number of likely N-dealkylation sites (N-methyl/N-ethyl adjacent to an activating group) is 1. The molecule has 2 rings (SSSR count). The van der Waals surface area contributed by atoms with Gasteiger partial charge >= 0.3 is 0 Å². The van der Waals surface area contributed by atoms with Crippen molar-refractivity contribution in [1.29, 1.82) is 0 Å². The molecule has 2 heterocycles. The molecule has 17 heavy (non-hydrogen) atoms. The largest absolute Gasteiger partial charge is 0.329 e. The standard InChI is InChI=1S/C12H23N5/c1-10-11(9-16(3)14-10)12(8-13)17-6-4-15(2)5-7-17/h9,12H,4-8,13H2,1-3H3. The van der Waals surface area contributed by atoms with Gasteiger partial charge in [-0.05, 0) is 14.0 Å². The molecular weight excluding hydrogens is 214 g/mol. The molecule has 5 nitrogen and oxygen atoms in total. The average Bonchev–Trinajstić information content (AvgIpc) is 2.62. The van der Waals surface area contributed by atoms with E-state index in [-0.39, 0.29) is 0 Å². The molecule has 0 bridgehead atoms. The van der Waals surface area contributed by atoms with E-state index in [1.165, 1.54) is 5.56 Å². The van der Waals surface area contributed by atoms with Gasteiger partial charge in [0.25, 0.3) is 0 Å². The van der Waals surface area contributed by atoms with Gasteiger partial charge in [-0.1, -0.05) is 0 Å². The summed E-state index contributed by atoms with van der Waals surface area (Å²) in [4.78, 5) is 4.84. The Labute approximate surface area is 103 Å². The molecule has 0 saturated carbocycles. The van der Waals surface area contributed by atoms with Crippen molar-refractivity contribution in [2.24, 2.45) is 12.8 Å². The third kappa shape index (κ3) is 2.68. The van der Waals surface area contributed by atoms with Crippen molar-refractivity contribution in [3.63, 3.8) is 0 Å². The Morgan fingerprint density at radius 2 is 1.94 bits per heavy atom. The van der Waals surface area contributed by atoms with Gasteiger partial charge in [-0.3, -0.25) is 9.58 Å². The first-order chi connectivity index (χ1) is 8.11. The molecule has 1 atom stereocenters. The molecule has 0 aliphatic carbocycles. The summed E-state index contributed by atoms with van der Waals surface area (Å²) in [5.41, 5.74) is 8.33. The fourth-order valence-corrected chi connectivity index (χ4v) is 2.55. The number of hydrogen-bond acceptors (Lipinski definition) is 4. The number of nitrogens with zero attached hydrogens (tertiary/aromatic N) is 4. The van der Waals surface area contributed by atoms with Crippen molar-refractivity contribution in [2.75, 3.05) is 39.8 Å². The molecule has 1 aliphatic heterocycles. The molecule has 0 amide bonds. The van der Waals surface area contributed by atoms with E-state index < -0.39 is 0 Å². The molecule has 1 saturated heterocycles. The Morgan fingerprint density at radius 1 is 1.29 bits per heavy atom. The maximum absolute atomic E-state index is 5.96. The summed E-state index contributed by atoms with van der Waals surface area (Å²) in [6.07, 6.45) is 2.10. The minimum Gasteiger partial charge on any atom is -0.329 e. The van der Waals surface area contributed by atoms with Crippen molar-refractivity contribution in [1.82, 2.24) is 19.6 Å². The predicted molar refractivity (Wildman–Crippen MR) is 68.8 cm³/mol. The van der Waals surface area contributed by atoms with E-state index in [0.717, 1.165) is 31.9 Å². The lowest BCUT2D eigenvalue weighted by atomic mass is 10.1. The van der Waals surface area contributed by atoms with Crippen molar-refractivity contribution in [3.8, 4) is 0 Å². The van der Waals surface area contributed by atoms with Gasteiger partial charge in [-0.25, -0.2) is 0 Å². The Morgan fingerprint density at radius 3 is 2.41 bits per heavy atom. The summed E-state index contributed by atoms with van der Waals surface area (Å²) in [5.74, 6) is 0. The number of piperazine rings is 1. The van der Waals surface area contributed by atoms with Crippen molar-refractivity contribution < 1.29 is 0 Å².